The summed E-state index contributed by atoms with van der Waals surface area (Å²) in [6.07, 6.45) is 5.87. The Hall–Kier alpha value is -0.800. The molecule has 1 N–H and O–H groups in total. The van der Waals surface area contributed by atoms with Gasteiger partial charge in [-0.05, 0) is 38.4 Å². The molecule has 1 saturated heterocycles. The predicted octanol–water partition coefficient (Wildman–Crippen LogP) is 2.62. The SMILES string of the molecule is CCC1CCCN(Cc2ccoc2CNC)C1. The average Bonchev–Trinajstić information content (AvgIpc) is 2.78. The Morgan fingerprint density at radius 3 is 3.18 bits per heavy atom. The van der Waals surface area contributed by atoms with Crippen molar-refractivity contribution in [2.45, 2.75) is 39.3 Å². The zero-order valence-corrected chi connectivity index (χ0v) is 11.0. The highest BCUT2D eigenvalue weighted by Crippen LogP contribution is 2.22. The van der Waals surface area contributed by atoms with Gasteiger partial charge in [0, 0.05) is 18.7 Å². The van der Waals surface area contributed by atoms with Crippen LogP contribution in [0.1, 0.15) is 37.5 Å². The molecule has 1 aromatic rings. The molecule has 0 amide bonds. The van der Waals surface area contributed by atoms with Crippen LogP contribution in [-0.4, -0.2) is 25.0 Å². The van der Waals surface area contributed by atoms with Crippen LogP contribution in [0.5, 0.6) is 0 Å². The molecule has 0 bridgehead atoms. The molecule has 0 aromatic carbocycles. The van der Waals surface area contributed by atoms with Gasteiger partial charge in [-0.2, -0.15) is 0 Å². The second-order valence-electron chi connectivity index (χ2n) is 5.05. The summed E-state index contributed by atoms with van der Waals surface area (Å²) in [6.45, 7) is 6.66. The second kappa shape index (κ2) is 6.22. The van der Waals surface area contributed by atoms with Crippen molar-refractivity contribution in [3.05, 3.63) is 23.7 Å². The lowest BCUT2D eigenvalue weighted by Crippen LogP contribution is -2.34. The van der Waals surface area contributed by atoms with Gasteiger partial charge in [-0.15, -0.1) is 0 Å². The summed E-state index contributed by atoms with van der Waals surface area (Å²) in [7, 11) is 1.96. The van der Waals surface area contributed by atoms with E-state index in [2.05, 4.69) is 23.2 Å². The lowest BCUT2D eigenvalue weighted by atomic mass is 9.95. The van der Waals surface area contributed by atoms with E-state index in [0.29, 0.717) is 0 Å². The van der Waals surface area contributed by atoms with Crippen molar-refractivity contribution in [2.24, 2.45) is 5.92 Å². The molecular weight excluding hydrogens is 212 g/mol. The Morgan fingerprint density at radius 2 is 2.41 bits per heavy atom. The number of piperidine rings is 1. The molecule has 1 aromatic heterocycles. The zero-order chi connectivity index (χ0) is 12.1. The molecule has 2 rings (SSSR count). The van der Waals surface area contributed by atoms with E-state index in [1.165, 1.54) is 37.9 Å². The van der Waals surface area contributed by atoms with E-state index in [-0.39, 0.29) is 0 Å². The fraction of sp³-hybridized carbons (Fsp3) is 0.714. The number of hydrogen-bond acceptors (Lipinski definition) is 3. The quantitative estimate of drug-likeness (QED) is 0.852. The highest BCUT2D eigenvalue weighted by atomic mass is 16.3. The van der Waals surface area contributed by atoms with Gasteiger partial charge in [0.1, 0.15) is 5.76 Å². The third-order valence-corrected chi connectivity index (χ3v) is 3.75. The summed E-state index contributed by atoms with van der Waals surface area (Å²) < 4.78 is 5.51. The normalized spacial score (nSPS) is 21.9. The first-order valence-electron chi connectivity index (χ1n) is 6.75. The molecule has 1 atom stereocenters. The number of hydrogen-bond donors (Lipinski definition) is 1. The van der Waals surface area contributed by atoms with Crippen molar-refractivity contribution in [1.82, 2.24) is 10.2 Å². The zero-order valence-electron chi connectivity index (χ0n) is 11.0. The molecule has 1 aliphatic heterocycles. The van der Waals surface area contributed by atoms with Crippen LogP contribution < -0.4 is 5.32 Å². The van der Waals surface area contributed by atoms with E-state index >= 15 is 0 Å². The molecule has 0 saturated carbocycles. The molecule has 2 heterocycles. The molecule has 17 heavy (non-hydrogen) atoms. The Balaban J connectivity index is 1.93. The maximum Gasteiger partial charge on any atom is 0.122 e. The molecule has 96 valence electrons. The maximum atomic E-state index is 5.51. The van der Waals surface area contributed by atoms with Gasteiger partial charge < -0.3 is 9.73 Å². The lowest BCUT2D eigenvalue weighted by molar-refractivity contribution is 0.164. The van der Waals surface area contributed by atoms with Crippen molar-refractivity contribution >= 4 is 0 Å². The first-order chi connectivity index (χ1) is 8.33. The van der Waals surface area contributed by atoms with E-state index in [4.69, 9.17) is 4.42 Å². The summed E-state index contributed by atoms with van der Waals surface area (Å²) in [5, 5.41) is 3.16. The topological polar surface area (TPSA) is 28.4 Å². The van der Waals surface area contributed by atoms with E-state index in [0.717, 1.165) is 24.8 Å². The molecule has 1 aliphatic rings. The Morgan fingerprint density at radius 1 is 1.53 bits per heavy atom. The molecule has 0 aliphatic carbocycles. The third kappa shape index (κ3) is 3.33. The van der Waals surface area contributed by atoms with Crippen molar-refractivity contribution in [3.8, 4) is 0 Å². The fourth-order valence-corrected chi connectivity index (χ4v) is 2.69. The Bertz CT molecular complexity index is 335. The smallest absolute Gasteiger partial charge is 0.122 e. The van der Waals surface area contributed by atoms with E-state index in [9.17, 15) is 0 Å². The number of furan rings is 1. The average molecular weight is 236 g/mol. The van der Waals surface area contributed by atoms with E-state index < -0.39 is 0 Å². The minimum atomic E-state index is 0.827. The van der Waals surface area contributed by atoms with Gasteiger partial charge in [0.25, 0.3) is 0 Å². The molecule has 1 fully saturated rings. The largest absolute Gasteiger partial charge is 0.468 e. The van der Waals surface area contributed by atoms with Gasteiger partial charge in [0.15, 0.2) is 0 Å². The van der Waals surface area contributed by atoms with Gasteiger partial charge in [0.2, 0.25) is 0 Å². The molecule has 0 radical (unpaired) electrons. The van der Waals surface area contributed by atoms with E-state index in [1.54, 1.807) is 0 Å². The Kier molecular flexibility index (Phi) is 4.63. The standard InChI is InChI=1S/C14H24N2O/c1-3-12-5-4-7-16(10-12)11-13-6-8-17-14(13)9-15-2/h6,8,12,15H,3-5,7,9-11H2,1-2H3. The third-order valence-electron chi connectivity index (χ3n) is 3.75. The second-order valence-corrected chi connectivity index (χ2v) is 5.05. The monoisotopic (exact) mass is 236 g/mol. The van der Waals surface area contributed by atoms with Crippen LogP contribution in [0.3, 0.4) is 0 Å². The van der Waals surface area contributed by atoms with Crippen molar-refractivity contribution in [3.63, 3.8) is 0 Å². The van der Waals surface area contributed by atoms with E-state index in [1.807, 2.05) is 13.3 Å². The molecule has 3 heteroatoms. The van der Waals surface area contributed by atoms with Crippen LogP contribution >= 0.6 is 0 Å². The van der Waals surface area contributed by atoms with Crippen molar-refractivity contribution < 1.29 is 4.42 Å². The van der Waals surface area contributed by atoms with Crippen molar-refractivity contribution in [1.29, 1.82) is 0 Å². The number of nitrogens with zero attached hydrogens (tertiary/aromatic N) is 1. The summed E-state index contributed by atoms with van der Waals surface area (Å²) >= 11 is 0. The summed E-state index contributed by atoms with van der Waals surface area (Å²) in [5.74, 6) is 1.98. The molecular formula is C14H24N2O. The first kappa shape index (κ1) is 12.7. The van der Waals surface area contributed by atoms with Gasteiger partial charge in [0.05, 0.1) is 12.8 Å². The van der Waals surface area contributed by atoms with Crippen LogP contribution in [0.2, 0.25) is 0 Å². The minimum Gasteiger partial charge on any atom is -0.468 e. The molecule has 3 nitrogen and oxygen atoms in total. The van der Waals surface area contributed by atoms with Crippen molar-refractivity contribution in [2.75, 3.05) is 20.1 Å². The number of rotatable bonds is 5. The maximum absolute atomic E-state index is 5.51. The number of nitrogens with one attached hydrogen (secondary N) is 1. The van der Waals surface area contributed by atoms with Gasteiger partial charge in [-0.25, -0.2) is 0 Å². The van der Waals surface area contributed by atoms with Gasteiger partial charge in [-0.3, -0.25) is 4.90 Å². The van der Waals surface area contributed by atoms with Crippen LogP contribution in [0.4, 0.5) is 0 Å². The molecule has 1 unspecified atom stereocenters. The predicted molar refractivity (Wildman–Crippen MR) is 69.8 cm³/mol. The Labute approximate surface area is 104 Å². The summed E-state index contributed by atoms with van der Waals surface area (Å²) in [4.78, 5) is 2.57. The van der Waals surface area contributed by atoms with Crippen LogP contribution in [0, 0.1) is 5.92 Å². The first-order valence-corrected chi connectivity index (χ1v) is 6.75. The van der Waals surface area contributed by atoms with Crippen LogP contribution in [-0.2, 0) is 13.1 Å². The highest BCUT2D eigenvalue weighted by molar-refractivity contribution is 5.16. The number of likely N-dealkylation sites (tertiary alicyclic amines) is 1. The van der Waals surface area contributed by atoms with Gasteiger partial charge in [-0.1, -0.05) is 13.3 Å². The minimum absolute atomic E-state index is 0.827. The lowest BCUT2D eigenvalue weighted by Gasteiger charge is -2.32. The fourth-order valence-electron chi connectivity index (χ4n) is 2.69. The van der Waals surface area contributed by atoms with Crippen LogP contribution in [0.25, 0.3) is 0 Å². The van der Waals surface area contributed by atoms with Crippen LogP contribution in [0.15, 0.2) is 16.7 Å². The van der Waals surface area contributed by atoms with Gasteiger partial charge >= 0.3 is 0 Å². The molecule has 0 spiro atoms. The summed E-state index contributed by atoms with van der Waals surface area (Å²) in [6, 6.07) is 2.11. The highest BCUT2D eigenvalue weighted by Gasteiger charge is 2.19. The summed E-state index contributed by atoms with van der Waals surface area (Å²) in [5.41, 5.74) is 1.34.